The molecule has 0 saturated carbocycles. The lowest BCUT2D eigenvalue weighted by atomic mass is 9.95. The minimum absolute atomic E-state index is 0.157. The van der Waals surface area contributed by atoms with E-state index in [9.17, 15) is 0 Å². The zero-order valence-electron chi connectivity index (χ0n) is 28.3. The lowest BCUT2D eigenvalue weighted by Gasteiger charge is -2.26. The van der Waals surface area contributed by atoms with Crippen molar-refractivity contribution in [1.82, 2.24) is 19.8 Å². The number of hydrogen-bond acceptors (Lipinski definition) is 4. The summed E-state index contributed by atoms with van der Waals surface area (Å²) in [6, 6.07) is 43.5. The van der Waals surface area contributed by atoms with Crippen molar-refractivity contribution in [3.8, 4) is 0 Å². The Morgan fingerprint density at radius 2 is 1.41 bits per heavy atom. The highest BCUT2D eigenvalue weighted by atomic mass is 32.1. The highest BCUT2D eigenvalue weighted by molar-refractivity contribution is 7.20. The first kappa shape index (κ1) is 30.6. The van der Waals surface area contributed by atoms with Crippen molar-refractivity contribution in [3.63, 3.8) is 0 Å². The van der Waals surface area contributed by atoms with Gasteiger partial charge in [-0.05, 0) is 65.8 Å². The molecule has 0 bridgehead atoms. The molecule has 4 N–H and O–H groups in total. The quantitative estimate of drug-likeness (QED) is 0.140. The van der Waals surface area contributed by atoms with Crippen LogP contribution in [0.3, 0.4) is 0 Å². The summed E-state index contributed by atoms with van der Waals surface area (Å²) in [6.45, 7) is 0.626. The summed E-state index contributed by atoms with van der Waals surface area (Å²) in [4.78, 5) is 1.51. The van der Waals surface area contributed by atoms with Crippen molar-refractivity contribution in [1.29, 1.82) is 0 Å². The fourth-order valence-corrected chi connectivity index (χ4v) is 9.88. The monoisotopic (exact) mass is 681 g/mol. The molecule has 0 fully saturated rings. The molecule has 10 rings (SSSR count). The van der Waals surface area contributed by atoms with Crippen molar-refractivity contribution in [2.24, 2.45) is 5.73 Å². The maximum Gasteiger partial charge on any atom is 0.0863 e. The van der Waals surface area contributed by atoms with E-state index in [0.29, 0.717) is 6.67 Å². The Balaban J connectivity index is 1.10. The van der Waals surface area contributed by atoms with Crippen LogP contribution in [0.2, 0.25) is 0 Å². The molecule has 3 unspecified atom stereocenters. The minimum Gasteiger partial charge on any atom is -0.333 e. The third-order valence-corrected chi connectivity index (χ3v) is 12.2. The number of nitrogens with zero attached hydrogens (tertiary/aromatic N) is 2. The molecule has 5 nitrogen and oxygen atoms in total. The zero-order valence-corrected chi connectivity index (χ0v) is 29.1. The molecule has 0 amide bonds. The van der Waals surface area contributed by atoms with Crippen LogP contribution in [0.25, 0.3) is 54.9 Å². The first-order valence-electron chi connectivity index (χ1n) is 18.0. The largest absolute Gasteiger partial charge is 0.333 e. The first-order chi connectivity index (χ1) is 25.2. The molecule has 51 heavy (non-hydrogen) atoms. The van der Waals surface area contributed by atoms with E-state index in [1.165, 1.54) is 64.5 Å². The molecular weight excluding hydrogens is 643 g/mol. The predicted molar refractivity (Wildman–Crippen MR) is 215 cm³/mol. The van der Waals surface area contributed by atoms with Gasteiger partial charge in [0.25, 0.3) is 0 Å². The zero-order chi connectivity index (χ0) is 33.9. The SMILES string of the molecule is NC(NC(NCn1c2c(c3c4sc5c(c4ccc31)C=CCC5)CC(n1c3ccccc3c3ccccc31)C=C2)c1ccccc1)c1ccccc1. The molecular formula is C45H39N5S. The van der Waals surface area contributed by atoms with Gasteiger partial charge >= 0.3 is 0 Å². The normalized spacial score (nSPS) is 16.6. The highest BCUT2D eigenvalue weighted by Gasteiger charge is 2.28. The summed E-state index contributed by atoms with van der Waals surface area (Å²) in [5.74, 6) is 0. The third kappa shape index (κ3) is 5.09. The second kappa shape index (κ2) is 12.5. The van der Waals surface area contributed by atoms with E-state index in [0.717, 1.165) is 30.4 Å². The predicted octanol–water partition coefficient (Wildman–Crippen LogP) is 10.2. The summed E-state index contributed by atoms with van der Waals surface area (Å²) < 4.78 is 6.47. The van der Waals surface area contributed by atoms with Crippen LogP contribution in [-0.4, -0.2) is 9.13 Å². The van der Waals surface area contributed by atoms with E-state index in [2.05, 4.69) is 147 Å². The van der Waals surface area contributed by atoms with E-state index >= 15 is 0 Å². The molecule has 5 aromatic carbocycles. The summed E-state index contributed by atoms with van der Waals surface area (Å²) in [5.41, 5.74) is 16.9. The number of allylic oxidation sites excluding steroid dienone is 2. The smallest absolute Gasteiger partial charge is 0.0863 e. The number of thiophene rings is 1. The molecule has 3 heterocycles. The Morgan fingerprint density at radius 1 is 0.725 bits per heavy atom. The van der Waals surface area contributed by atoms with Gasteiger partial charge in [0.1, 0.15) is 0 Å². The molecule has 0 saturated heterocycles. The lowest BCUT2D eigenvalue weighted by Crippen LogP contribution is -2.40. The summed E-state index contributed by atoms with van der Waals surface area (Å²) in [7, 11) is 0. The minimum atomic E-state index is -0.323. The van der Waals surface area contributed by atoms with Gasteiger partial charge in [-0.3, -0.25) is 10.6 Å². The van der Waals surface area contributed by atoms with Crippen LogP contribution in [-0.2, 0) is 19.5 Å². The van der Waals surface area contributed by atoms with Gasteiger partial charge < -0.3 is 14.9 Å². The Kier molecular flexibility index (Phi) is 7.50. The van der Waals surface area contributed by atoms with Crippen LogP contribution in [0, 0.1) is 0 Å². The Morgan fingerprint density at radius 3 is 2.16 bits per heavy atom. The van der Waals surface area contributed by atoms with Crippen molar-refractivity contribution >= 4 is 66.3 Å². The molecule has 2 aliphatic rings. The van der Waals surface area contributed by atoms with Gasteiger partial charge in [0, 0.05) is 47.8 Å². The fourth-order valence-electron chi connectivity index (χ4n) is 8.51. The molecule has 8 aromatic rings. The number of hydrogen-bond donors (Lipinski definition) is 3. The summed E-state index contributed by atoms with van der Waals surface area (Å²) >= 11 is 2.00. The Labute approximate surface area is 301 Å². The molecule has 2 aliphatic carbocycles. The molecule has 3 atom stereocenters. The van der Waals surface area contributed by atoms with Crippen LogP contribution in [0.5, 0.6) is 0 Å². The van der Waals surface area contributed by atoms with E-state index in [-0.39, 0.29) is 18.4 Å². The lowest BCUT2D eigenvalue weighted by molar-refractivity contribution is 0.360. The number of fused-ring (bicyclic) bond motifs is 10. The van der Waals surface area contributed by atoms with Gasteiger partial charge in [0.05, 0.1) is 30.6 Å². The maximum absolute atomic E-state index is 6.76. The number of para-hydroxylation sites is 2. The topological polar surface area (TPSA) is 59.9 Å². The second-order valence-electron chi connectivity index (χ2n) is 13.8. The van der Waals surface area contributed by atoms with Crippen LogP contribution >= 0.6 is 11.3 Å². The average molecular weight is 682 g/mol. The third-order valence-electron chi connectivity index (χ3n) is 10.9. The van der Waals surface area contributed by atoms with Gasteiger partial charge in [0.2, 0.25) is 0 Å². The van der Waals surface area contributed by atoms with Crippen molar-refractivity contribution in [2.45, 2.75) is 44.3 Å². The van der Waals surface area contributed by atoms with Crippen molar-refractivity contribution < 1.29 is 0 Å². The van der Waals surface area contributed by atoms with Crippen molar-refractivity contribution in [2.75, 3.05) is 0 Å². The molecule has 0 aliphatic heterocycles. The van der Waals surface area contributed by atoms with Crippen molar-refractivity contribution in [3.05, 3.63) is 166 Å². The molecule has 3 aromatic heterocycles. The fraction of sp³-hybridized carbons (Fsp3) is 0.156. The van der Waals surface area contributed by atoms with Gasteiger partial charge in [-0.15, -0.1) is 11.3 Å². The number of nitrogens with two attached hydrogens (primary N) is 1. The maximum atomic E-state index is 6.76. The van der Waals surface area contributed by atoms with Crippen LogP contribution in [0.15, 0.2) is 133 Å². The van der Waals surface area contributed by atoms with Gasteiger partial charge in [-0.2, -0.15) is 0 Å². The summed E-state index contributed by atoms with van der Waals surface area (Å²) in [5, 5.41) is 13.0. The van der Waals surface area contributed by atoms with E-state index in [1.54, 1.807) is 0 Å². The Hall–Kier alpha value is -5.24. The average Bonchev–Trinajstić information content (AvgIpc) is 3.84. The number of aryl methyl sites for hydroxylation is 1. The van der Waals surface area contributed by atoms with E-state index < -0.39 is 0 Å². The molecule has 0 radical (unpaired) electrons. The molecule has 0 spiro atoms. The number of aromatic nitrogens is 2. The second-order valence-corrected chi connectivity index (χ2v) is 14.9. The van der Waals surface area contributed by atoms with Gasteiger partial charge in [0.15, 0.2) is 0 Å². The number of benzene rings is 5. The summed E-state index contributed by atoms with van der Waals surface area (Å²) in [6.07, 6.45) is 12.2. The van der Waals surface area contributed by atoms with Gasteiger partial charge in [-0.25, -0.2) is 0 Å². The van der Waals surface area contributed by atoms with Crippen LogP contribution in [0.1, 0.15) is 57.6 Å². The van der Waals surface area contributed by atoms with Crippen LogP contribution in [0.4, 0.5) is 0 Å². The van der Waals surface area contributed by atoms with E-state index in [4.69, 9.17) is 5.73 Å². The van der Waals surface area contributed by atoms with Gasteiger partial charge in [-0.1, -0.05) is 121 Å². The molecule has 250 valence electrons. The number of nitrogens with one attached hydrogen (secondary N) is 2. The van der Waals surface area contributed by atoms with Crippen LogP contribution < -0.4 is 16.4 Å². The Bertz CT molecular complexity index is 2570. The number of rotatable bonds is 8. The molecule has 6 heteroatoms. The first-order valence-corrected chi connectivity index (χ1v) is 18.8. The van der Waals surface area contributed by atoms with E-state index in [1.807, 2.05) is 29.5 Å². The highest BCUT2D eigenvalue weighted by Crippen LogP contribution is 2.45. The standard InChI is InChI=1S/C45H39N5S/c46-44(29-13-3-1-4-14-29)48-45(30-15-5-2-6-16-30)47-28-49-37-25-23-31(50-38-20-10-7-17-32(38)33-18-8-11-21-39(33)50)27-36(37)42-40(49)26-24-35-34-19-9-12-22-41(34)51-43(35)42/h1-11,13-21,23-26,31,44-45,47-48H,12,22,27-28,46H2.